The van der Waals surface area contributed by atoms with E-state index >= 15 is 0 Å². The molecule has 0 bridgehead atoms. The fraction of sp³-hybridized carbons (Fsp3) is 1.00. The summed E-state index contributed by atoms with van der Waals surface area (Å²) in [6.45, 7) is -0.540. The molecule has 24 heavy (non-hydrogen) atoms. The second kappa shape index (κ2) is 8.56. The minimum atomic E-state index is -1.50. The summed E-state index contributed by atoms with van der Waals surface area (Å²) in [7, 11) is 1.28. The smallest absolute Gasteiger partial charge is 0.186 e. The predicted molar refractivity (Wildman–Crippen MR) is 79.9 cm³/mol. The van der Waals surface area contributed by atoms with Gasteiger partial charge in [0.25, 0.3) is 0 Å². The number of thioether (sulfide) groups is 1. The van der Waals surface area contributed by atoms with Crippen LogP contribution in [0.5, 0.6) is 0 Å². The monoisotopic (exact) mass is 372 g/mol. The third-order valence-electron chi connectivity index (χ3n) is 4.17. The number of ether oxygens (including phenoxy) is 3. The van der Waals surface area contributed by atoms with E-state index in [0.29, 0.717) is 0 Å². The molecule has 0 aromatic heterocycles. The Bertz CT molecular complexity index is 361. The summed E-state index contributed by atoms with van der Waals surface area (Å²) < 4.78 is 15.6. The van der Waals surface area contributed by atoms with Crippen molar-refractivity contribution >= 4 is 11.8 Å². The summed E-state index contributed by atoms with van der Waals surface area (Å²) in [5, 5.41) is 68.0. The third-order valence-corrected chi connectivity index (χ3v) is 5.41. The van der Waals surface area contributed by atoms with Crippen LogP contribution in [0.3, 0.4) is 0 Å². The Morgan fingerprint density at radius 3 is 1.96 bits per heavy atom. The zero-order chi connectivity index (χ0) is 18.0. The molecule has 2 aliphatic rings. The first-order valence-electron chi connectivity index (χ1n) is 7.46. The van der Waals surface area contributed by atoms with Crippen molar-refractivity contribution in [3.8, 4) is 0 Å². The van der Waals surface area contributed by atoms with E-state index in [0.717, 1.165) is 11.8 Å². The molecular weight excluding hydrogens is 348 g/mol. The fourth-order valence-electron chi connectivity index (χ4n) is 2.64. The molecule has 0 radical (unpaired) electrons. The van der Waals surface area contributed by atoms with E-state index in [1.807, 2.05) is 0 Å². The van der Waals surface area contributed by atoms with Gasteiger partial charge in [-0.3, -0.25) is 0 Å². The van der Waals surface area contributed by atoms with Gasteiger partial charge in [-0.2, -0.15) is 0 Å². The summed E-state index contributed by atoms with van der Waals surface area (Å²) in [4.78, 5) is 0. The van der Waals surface area contributed by atoms with E-state index in [-0.39, 0.29) is 5.75 Å². The fourth-order valence-corrected chi connectivity index (χ4v) is 3.88. The first kappa shape index (κ1) is 20.3. The van der Waals surface area contributed by atoms with Crippen LogP contribution in [-0.2, 0) is 14.2 Å². The van der Waals surface area contributed by atoms with Gasteiger partial charge in [0.1, 0.15) is 48.2 Å². The van der Waals surface area contributed by atoms with Gasteiger partial charge in [-0.25, -0.2) is 0 Å². The first-order chi connectivity index (χ1) is 11.3. The molecule has 11 heteroatoms. The largest absolute Gasteiger partial charge is 0.394 e. The second-order valence-electron chi connectivity index (χ2n) is 5.78. The summed E-state index contributed by atoms with van der Waals surface area (Å²) >= 11 is 0.969. The minimum absolute atomic E-state index is 0.0352. The highest BCUT2D eigenvalue weighted by Gasteiger charge is 2.46. The Hall–Kier alpha value is -0.0500. The number of hydrogen-bond donors (Lipinski definition) is 7. The molecule has 10 atom stereocenters. The van der Waals surface area contributed by atoms with Gasteiger partial charge in [0.15, 0.2) is 6.29 Å². The van der Waals surface area contributed by atoms with Crippen LogP contribution in [0.4, 0.5) is 0 Å². The van der Waals surface area contributed by atoms with Crippen LogP contribution in [0.25, 0.3) is 0 Å². The van der Waals surface area contributed by atoms with Crippen LogP contribution in [-0.4, -0.2) is 116 Å². The minimum Gasteiger partial charge on any atom is -0.394 e. The average molecular weight is 372 g/mol. The van der Waals surface area contributed by atoms with E-state index in [1.165, 1.54) is 7.11 Å². The lowest BCUT2D eigenvalue weighted by Crippen LogP contribution is -2.60. The summed E-state index contributed by atoms with van der Waals surface area (Å²) in [6.07, 6.45) is -11.7. The molecule has 2 fully saturated rings. The van der Waals surface area contributed by atoms with Crippen LogP contribution >= 0.6 is 11.8 Å². The van der Waals surface area contributed by atoms with Gasteiger partial charge in [0.2, 0.25) is 0 Å². The Balaban J connectivity index is 1.96. The molecule has 0 saturated carbocycles. The molecule has 7 N–H and O–H groups in total. The van der Waals surface area contributed by atoms with Crippen LogP contribution in [0.1, 0.15) is 0 Å². The maximum atomic E-state index is 9.97. The molecule has 0 spiro atoms. The lowest BCUT2D eigenvalue weighted by Gasteiger charge is -2.42. The number of aliphatic hydroxyl groups excluding tert-OH is 7. The molecule has 2 aliphatic heterocycles. The zero-order valence-electron chi connectivity index (χ0n) is 13.0. The van der Waals surface area contributed by atoms with Gasteiger partial charge in [-0.05, 0) is 0 Å². The van der Waals surface area contributed by atoms with Crippen molar-refractivity contribution in [2.45, 2.75) is 60.6 Å². The first-order valence-corrected chi connectivity index (χ1v) is 8.51. The Morgan fingerprint density at radius 2 is 1.38 bits per heavy atom. The van der Waals surface area contributed by atoms with Crippen molar-refractivity contribution in [2.75, 3.05) is 19.5 Å². The SMILES string of the molecule is CO[C@H]1O[C@H](CS[C@H]2O[C@H](CO)[C@@H](O)[C@H](O)[C@H]2O)[C@@H](O)[C@H](O)[C@H]1O. The molecule has 0 aliphatic carbocycles. The normalized spacial score (nSPS) is 50.0. The van der Waals surface area contributed by atoms with Gasteiger partial charge in [0.05, 0.1) is 12.7 Å². The molecule has 142 valence electrons. The zero-order valence-corrected chi connectivity index (χ0v) is 13.8. The van der Waals surface area contributed by atoms with Gasteiger partial charge >= 0.3 is 0 Å². The van der Waals surface area contributed by atoms with Crippen LogP contribution in [0, 0.1) is 0 Å². The number of methoxy groups -OCH3 is 1. The quantitative estimate of drug-likeness (QED) is 0.251. The van der Waals surface area contributed by atoms with Gasteiger partial charge < -0.3 is 50.0 Å². The van der Waals surface area contributed by atoms with E-state index in [2.05, 4.69) is 0 Å². The predicted octanol–water partition coefficient (Wildman–Crippen LogP) is -4.03. The molecule has 0 unspecified atom stereocenters. The molecule has 2 saturated heterocycles. The number of hydrogen-bond acceptors (Lipinski definition) is 11. The van der Waals surface area contributed by atoms with Gasteiger partial charge in [-0.1, -0.05) is 0 Å². The summed E-state index contributed by atoms with van der Waals surface area (Å²) in [5.74, 6) is 0.0352. The van der Waals surface area contributed by atoms with Gasteiger partial charge in [0, 0.05) is 12.9 Å². The van der Waals surface area contributed by atoms with Crippen molar-refractivity contribution in [1.82, 2.24) is 0 Å². The van der Waals surface area contributed by atoms with Crippen molar-refractivity contribution in [3.05, 3.63) is 0 Å². The lowest BCUT2D eigenvalue weighted by atomic mass is 10.00. The van der Waals surface area contributed by atoms with Crippen molar-refractivity contribution < 1.29 is 50.0 Å². The standard InChI is InChI=1S/C13H24O10S/c1-21-12-10(19)8(17)7(16)5(22-12)3-24-13-11(20)9(18)6(15)4(2-14)23-13/h4-20H,2-3H2,1H3/t4-,5-,6-,7-,8+,9+,10-,11-,12+,13-/m1/s1. The number of rotatable bonds is 5. The van der Waals surface area contributed by atoms with Gasteiger partial charge in [-0.15, -0.1) is 11.8 Å². The van der Waals surface area contributed by atoms with E-state index < -0.39 is 67.2 Å². The Morgan fingerprint density at radius 1 is 0.792 bits per heavy atom. The van der Waals surface area contributed by atoms with Crippen LogP contribution in [0.15, 0.2) is 0 Å². The highest BCUT2D eigenvalue weighted by atomic mass is 32.2. The second-order valence-corrected chi connectivity index (χ2v) is 6.91. The summed E-state index contributed by atoms with van der Waals surface area (Å²) in [6, 6.07) is 0. The molecule has 10 nitrogen and oxygen atoms in total. The van der Waals surface area contributed by atoms with E-state index in [1.54, 1.807) is 0 Å². The van der Waals surface area contributed by atoms with E-state index in [9.17, 15) is 30.6 Å². The maximum absolute atomic E-state index is 9.97. The molecule has 0 aromatic carbocycles. The van der Waals surface area contributed by atoms with E-state index in [4.69, 9.17) is 19.3 Å². The third kappa shape index (κ3) is 4.02. The maximum Gasteiger partial charge on any atom is 0.186 e. The molecule has 2 heterocycles. The molecular formula is C13H24O10S. The average Bonchev–Trinajstić information content (AvgIpc) is 2.58. The highest BCUT2D eigenvalue weighted by Crippen LogP contribution is 2.31. The molecule has 2 rings (SSSR count). The van der Waals surface area contributed by atoms with Crippen LogP contribution in [0.2, 0.25) is 0 Å². The molecule has 0 aromatic rings. The van der Waals surface area contributed by atoms with Crippen LogP contribution < -0.4 is 0 Å². The molecule has 0 amide bonds. The van der Waals surface area contributed by atoms with Crippen molar-refractivity contribution in [2.24, 2.45) is 0 Å². The van der Waals surface area contributed by atoms with Crippen molar-refractivity contribution in [1.29, 1.82) is 0 Å². The Labute approximate surface area is 142 Å². The lowest BCUT2D eigenvalue weighted by molar-refractivity contribution is -0.285. The highest BCUT2D eigenvalue weighted by molar-refractivity contribution is 7.99. The number of aliphatic hydroxyl groups is 7. The topological polar surface area (TPSA) is 169 Å². The van der Waals surface area contributed by atoms with Crippen molar-refractivity contribution in [3.63, 3.8) is 0 Å². The Kier molecular flexibility index (Phi) is 7.22. The summed E-state index contributed by atoms with van der Waals surface area (Å²) in [5.41, 5.74) is -0.985.